The second-order valence-electron chi connectivity index (χ2n) is 6.92. The summed E-state index contributed by atoms with van der Waals surface area (Å²) in [5, 5.41) is 5.72. The van der Waals surface area contributed by atoms with Crippen LogP contribution in [0.15, 0.2) is 36.4 Å². The zero-order valence-corrected chi connectivity index (χ0v) is 15.1. The zero-order valence-electron chi connectivity index (χ0n) is 15.1. The van der Waals surface area contributed by atoms with Crippen LogP contribution in [0.25, 0.3) is 0 Å². The van der Waals surface area contributed by atoms with Gasteiger partial charge in [0.05, 0.1) is 0 Å². The molecule has 1 aliphatic rings. The molecular formula is C21H22F2N2O2. The Bertz CT molecular complexity index is 861. The summed E-state index contributed by atoms with van der Waals surface area (Å²) in [6.45, 7) is 1.78. The van der Waals surface area contributed by atoms with Crippen molar-refractivity contribution < 1.29 is 18.4 Å². The van der Waals surface area contributed by atoms with Gasteiger partial charge in [-0.15, -0.1) is 0 Å². The van der Waals surface area contributed by atoms with E-state index in [2.05, 4.69) is 10.6 Å². The maximum Gasteiger partial charge on any atom is 0.255 e. The van der Waals surface area contributed by atoms with Gasteiger partial charge < -0.3 is 10.6 Å². The fourth-order valence-electron chi connectivity index (χ4n) is 3.29. The van der Waals surface area contributed by atoms with Crippen molar-refractivity contribution in [2.24, 2.45) is 0 Å². The molecule has 1 aliphatic carbocycles. The molecule has 0 spiro atoms. The van der Waals surface area contributed by atoms with Gasteiger partial charge in [0.15, 0.2) is 11.6 Å². The number of hydrogen-bond donors (Lipinski definition) is 2. The molecule has 1 saturated carbocycles. The standard InChI is InChI=1S/C21H22F2N2O2/c1-13-11-14(20(26)24-16-5-3-2-4-6-16)8-10-19(13)25-21(27)15-7-9-17(22)18(23)12-15/h7-12,16H,2-6H2,1H3,(H,24,26)(H,25,27). The smallest absolute Gasteiger partial charge is 0.255 e. The third-order valence-corrected chi connectivity index (χ3v) is 4.86. The Balaban J connectivity index is 1.67. The lowest BCUT2D eigenvalue weighted by Gasteiger charge is -2.23. The van der Waals surface area contributed by atoms with Crippen LogP contribution in [-0.4, -0.2) is 17.9 Å². The first-order valence-electron chi connectivity index (χ1n) is 9.12. The minimum absolute atomic E-state index is 0.0208. The molecule has 6 heteroatoms. The minimum atomic E-state index is -1.07. The number of amides is 2. The molecule has 3 rings (SSSR count). The Kier molecular flexibility index (Phi) is 5.84. The SMILES string of the molecule is Cc1cc(C(=O)NC2CCCCC2)ccc1NC(=O)c1ccc(F)c(F)c1. The summed E-state index contributed by atoms with van der Waals surface area (Å²) in [5.41, 5.74) is 1.78. The van der Waals surface area contributed by atoms with Gasteiger partial charge in [0.25, 0.3) is 11.8 Å². The van der Waals surface area contributed by atoms with Gasteiger partial charge in [0.2, 0.25) is 0 Å². The van der Waals surface area contributed by atoms with Crippen molar-refractivity contribution >= 4 is 17.5 Å². The second-order valence-corrected chi connectivity index (χ2v) is 6.92. The molecule has 0 saturated heterocycles. The summed E-state index contributed by atoms with van der Waals surface area (Å²) < 4.78 is 26.3. The summed E-state index contributed by atoms with van der Waals surface area (Å²) >= 11 is 0. The van der Waals surface area contributed by atoms with Crippen LogP contribution in [0.4, 0.5) is 14.5 Å². The number of nitrogens with one attached hydrogen (secondary N) is 2. The van der Waals surface area contributed by atoms with Gasteiger partial charge >= 0.3 is 0 Å². The summed E-state index contributed by atoms with van der Waals surface area (Å²) in [6.07, 6.45) is 5.51. The monoisotopic (exact) mass is 372 g/mol. The number of hydrogen-bond acceptors (Lipinski definition) is 2. The quantitative estimate of drug-likeness (QED) is 0.825. The Hall–Kier alpha value is -2.76. The van der Waals surface area contributed by atoms with Gasteiger partial charge in [0.1, 0.15) is 0 Å². The first-order valence-corrected chi connectivity index (χ1v) is 9.12. The number of halogens is 2. The third kappa shape index (κ3) is 4.70. The largest absolute Gasteiger partial charge is 0.349 e. The summed E-state index contributed by atoms with van der Waals surface area (Å²) in [4.78, 5) is 24.6. The molecule has 4 nitrogen and oxygen atoms in total. The average molecular weight is 372 g/mol. The Morgan fingerprint density at radius 3 is 2.22 bits per heavy atom. The van der Waals surface area contributed by atoms with Crippen LogP contribution in [0, 0.1) is 18.6 Å². The van der Waals surface area contributed by atoms with E-state index in [1.807, 2.05) is 0 Å². The highest BCUT2D eigenvalue weighted by Gasteiger charge is 2.17. The summed E-state index contributed by atoms with van der Waals surface area (Å²) in [6, 6.07) is 8.20. The lowest BCUT2D eigenvalue weighted by Crippen LogP contribution is -2.36. The van der Waals surface area contributed by atoms with Crippen molar-refractivity contribution in [3.05, 3.63) is 64.7 Å². The van der Waals surface area contributed by atoms with Crippen molar-refractivity contribution in [3.8, 4) is 0 Å². The van der Waals surface area contributed by atoms with Crippen LogP contribution in [0.1, 0.15) is 58.4 Å². The van der Waals surface area contributed by atoms with E-state index in [4.69, 9.17) is 0 Å². The Morgan fingerprint density at radius 2 is 1.56 bits per heavy atom. The van der Waals surface area contributed by atoms with E-state index in [1.54, 1.807) is 25.1 Å². The molecule has 0 unspecified atom stereocenters. The second kappa shape index (κ2) is 8.29. The molecule has 0 radical (unpaired) electrons. The Morgan fingerprint density at radius 1 is 0.889 bits per heavy atom. The molecule has 1 fully saturated rings. The molecule has 2 aromatic carbocycles. The van der Waals surface area contributed by atoms with Crippen molar-refractivity contribution in [1.82, 2.24) is 5.32 Å². The van der Waals surface area contributed by atoms with Gasteiger partial charge in [0, 0.05) is 22.9 Å². The van der Waals surface area contributed by atoms with E-state index in [1.165, 1.54) is 12.5 Å². The molecule has 2 amide bonds. The molecule has 0 atom stereocenters. The van der Waals surface area contributed by atoms with Crippen molar-refractivity contribution in [1.29, 1.82) is 0 Å². The topological polar surface area (TPSA) is 58.2 Å². The van der Waals surface area contributed by atoms with Crippen LogP contribution in [-0.2, 0) is 0 Å². The maximum atomic E-state index is 13.3. The fraction of sp³-hybridized carbons (Fsp3) is 0.333. The van der Waals surface area contributed by atoms with Crippen molar-refractivity contribution in [2.45, 2.75) is 45.1 Å². The number of carbonyl (C=O) groups is 2. The predicted octanol–water partition coefficient (Wildman–Crippen LogP) is 4.59. The molecular weight excluding hydrogens is 350 g/mol. The van der Waals surface area contributed by atoms with Gasteiger partial charge in [-0.2, -0.15) is 0 Å². The number of benzene rings is 2. The molecule has 2 aromatic rings. The highest BCUT2D eigenvalue weighted by atomic mass is 19.2. The Labute approximate surface area is 157 Å². The van der Waals surface area contributed by atoms with Gasteiger partial charge in [-0.05, 0) is 61.7 Å². The number of carbonyl (C=O) groups excluding carboxylic acids is 2. The van der Waals surface area contributed by atoms with Crippen LogP contribution in [0.5, 0.6) is 0 Å². The van der Waals surface area contributed by atoms with E-state index in [-0.39, 0.29) is 17.5 Å². The van der Waals surface area contributed by atoms with Crippen LogP contribution in [0.3, 0.4) is 0 Å². The third-order valence-electron chi connectivity index (χ3n) is 4.86. The maximum absolute atomic E-state index is 13.3. The zero-order chi connectivity index (χ0) is 19.4. The average Bonchev–Trinajstić information content (AvgIpc) is 2.66. The molecule has 0 aromatic heterocycles. The van der Waals surface area contributed by atoms with E-state index in [0.717, 1.165) is 37.8 Å². The highest BCUT2D eigenvalue weighted by Crippen LogP contribution is 2.20. The predicted molar refractivity (Wildman–Crippen MR) is 99.8 cm³/mol. The summed E-state index contributed by atoms with van der Waals surface area (Å²) in [7, 11) is 0. The van der Waals surface area contributed by atoms with Crippen molar-refractivity contribution in [3.63, 3.8) is 0 Å². The molecule has 2 N–H and O–H groups in total. The van der Waals surface area contributed by atoms with Crippen LogP contribution >= 0.6 is 0 Å². The number of rotatable bonds is 4. The molecule has 0 bridgehead atoms. The van der Waals surface area contributed by atoms with E-state index in [9.17, 15) is 18.4 Å². The van der Waals surface area contributed by atoms with Gasteiger partial charge in [-0.1, -0.05) is 19.3 Å². The summed E-state index contributed by atoms with van der Waals surface area (Å²) in [5.74, 6) is -2.75. The van der Waals surface area contributed by atoms with E-state index < -0.39 is 17.5 Å². The molecule has 0 aliphatic heterocycles. The van der Waals surface area contributed by atoms with E-state index in [0.29, 0.717) is 16.8 Å². The van der Waals surface area contributed by atoms with E-state index >= 15 is 0 Å². The van der Waals surface area contributed by atoms with Gasteiger partial charge in [-0.3, -0.25) is 9.59 Å². The van der Waals surface area contributed by atoms with Crippen LogP contribution in [0.2, 0.25) is 0 Å². The fourth-order valence-corrected chi connectivity index (χ4v) is 3.29. The van der Waals surface area contributed by atoms with Crippen molar-refractivity contribution in [2.75, 3.05) is 5.32 Å². The highest BCUT2D eigenvalue weighted by molar-refractivity contribution is 6.05. The first-order chi connectivity index (χ1) is 12.9. The molecule has 0 heterocycles. The lowest BCUT2D eigenvalue weighted by molar-refractivity contribution is 0.0927. The van der Waals surface area contributed by atoms with Crippen LogP contribution < -0.4 is 10.6 Å². The normalized spacial score (nSPS) is 14.6. The number of anilines is 1. The lowest BCUT2D eigenvalue weighted by atomic mass is 9.95. The van der Waals surface area contributed by atoms with Gasteiger partial charge in [-0.25, -0.2) is 8.78 Å². The first kappa shape index (κ1) is 19.0. The molecule has 27 heavy (non-hydrogen) atoms. The minimum Gasteiger partial charge on any atom is -0.349 e. The molecule has 142 valence electrons. The number of aryl methyl sites for hydroxylation is 1.